The number of halogens is 1. The summed E-state index contributed by atoms with van der Waals surface area (Å²) in [7, 11) is 0. The van der Waals surface area contributed by atoms with Crippen LogP contribution in [0.25, 0.3) is 10.2 Å². The Morgan fingerprint density at radius 2 is 2.00 bits per heavy atom. The molecule has 2 aromatic carbocycles. The fraction of sp³-hybridized carbons (Fsp3) is 0.133. The Morgan fingerprint density at radius 1 is 1.11 bits per heavy atom. The maximum atomic E-state index is 13.1. The van der Waals surface area contributed by atoms with Crippen LogP contribution in [0, 0.1) is 5.82 Å². The zero-order valence-electron chi connectivity index (χ0n) is 10.3. The van der Waals surface area contributed by atoms with Crippen molar-refractivity contribution in [3.63, 3.8) is 0 Å². The molecule has 0 fully saturated rings. The van der Waals surface area contributed by atoms with Crippen molar-refractivity contribution in [3.8, 4) is 0 Å². The molecule has 0 aliphatic heterocycles. The van der Waals surface area contributed by atoms with Gasteiger partial charge in [0, 0.05) is 18.2 Å². The summed E-state index contributed by atoms with van der Waals surface area (Å²) in [5.41, 5.74) is 8.47. The normalized spacial score (nSPS) is 11.0. The number of nitrogens with two attached hydrogens (primary N) is 1. The van der Waals surface area contributed by atoms with Crippen molar-refractivity contribution in [1.29, 1.82) is 0 Å². The van der Waals surface area contributed by atoms with Crippen LogP contribution in [-0.2, 0) is 12.8 Å². The fourth-order valence-electron chi connectivity index (χ4n) is 2.06. The van der Waals surface area contributed by atoms with Crippen molar-refractivity contribution in [3.05, 3.63) is 58.9 Å². The molecule has 1 heterocycles. The van der Waals surface area contributed by atoms with Gasteiger partial charge in [0.25, 0.3) is 0 Å². The lowest BCUT2D eigenvalue weighted by molar-refractivity contribution is 0.629. The average molecular weight is 272 g/mol. The number of aromatic nitrogens is 1. The van der Waals surface area contributed by atoms with E-state index in [1.807, 2.05) is 18.2 Å². The largest absolute Gasteiger partial charge is 0.399 e. The van der Waals surface area contributed by atoms with E-state index < -0.39 is 0 Å². The lowest BCUT2D eigenvalue weighted by Gasteiger charge is -2.00. The first-order valence-corrected chi connectivity index (χ1v) is 6.92. The van der Waals surface area contributed by atoms with Gasteiger partial charge >= 0.3 is 0 Å². The third-order valence-corrected chi connectivity index (χ3v) is 4.07. The van der Waals surface area contributed by atoms with Gasteiger partial charge in [0.15, 0.2) is 0 Å². The summed E-state index contributed by atoms with van der Waals surface area (Å²) in [5, 5.41) is 1.03. The molecule has 3 aromatic rings. The minimum atomic E-state index is -0.236. The predicted molar refractivity (Wildman–Crippen MR) is 77.8 cm³/mol. The average Bonchev–Trinajstić information content (AvgIpc) is 2.78. The fourth-order valence-corrected chi connectivity index (χ4v) is 3.00. The molecule has 3 rings (SSSR count). The number of nitrogen functional groups attached to an aromatic ring is 1. The number of rotatable bonds is 3. The number of thiazole rings is 1. The van der Waals surface area contributed by atoms with Gasteiger partial charge in [-0.05, 0) is 36.2 Å². The van der Waals surface area contributed by atoms with Crippen LogP contribution < -0.4 is 5.73 Å². The summed E-state index contributed by atoms with van der Waals surface area (Å²) >= 11 is 1.62. The SMILES string of the molecule is Nc1cccc(CCc2nc3cc(F)ccc3s2)c1. The zero-order chi connectivity index (χ0) is 13.2. The molecule has 0 saturated carbocycles. The Kier molecular flexibility index (Phi) is 3.17. The molecule has 0 aliphatic carbocycles. The molecule has 0 amide bonds. The number of hydrogen-bond acceptors (Lipinski definition) is 3. The van der Waals surface area contributed by atoms with Crippen molar-refractivity contribution in [2.45, 2.75) is 12.8 Å². The number of hydrogen-bond donors (Lipinski definition) is 1. The van der Waals surface area contributed by atoms with Crippen LogP contribution in [0.5, 0.6) is 0 Å². The highest BCUT2D eigenvalue weighted by Gasteiger charge is 2.05. The van der Waals surface area contributed by atoms with Crippen LogP contribution in [0.2, 0.25) is 0 Å². The minimum absolute atomic E-state index is 0.236. The van der Waals surface area contributed by atoms with Crippen LogP contribution in [0.3, 0.4) is 0 Å². The molecule has 2 nitrogen and oxygen atoms in total. The predicted octanol–water partition coefficient (Wildman–Crippen LogP) is 3.80. The quantitative estimate of drug-likeness (QED) is 0.736. The second-order valence-electron chi connectivity index (χ2n) is 4.46. The number of nitrogens with zero attached hydrogens (tertiary/aromatic N) is 1. The van der Waals surface area contributed by atoms with Gasteiger partial charge in [-0.15, -0.1) is 11.3 Å². The Morgan fingerprint density at radius 3 is 2.84 bits per heavy atom. The lowest BCUT2D eigenvalue weighted by atomic mass is 10.1. The van der Waals surface area contributed by atoms with E-state index in [0.717, 1.165) is 33.8 Å². The molecule has 0 aliphatic rings. The lowest BCUT2D eigenvalue weighted by Crippen LogP contribution is -1.92. The molecule has 2 N–H and O–H groups in total. The Labute approximate surface area is 114 Å². The highest BCUT2D eigenvalue weighted by molar-refractivity contribution is 7.18. The standard InChI is InChI=1S/C15H13FN2S/c16-11-5-6-14-13(9-11)18-15(19-14)7-4-10-2-1-3-12(17)8-10/h1-3,5-6,8-9H,4,7,17H2. The minimum Gasteiger partial charge on any atom is -0.399 e. The smallest absolute Gasteiger partial charge is 0.125 e. The van der Waals surface area contributed by atoms with Gasteiger partial charge in [-0.3, -0.25) is 0 Å². The molecule has 0 bridgehead atoms. The van der Waals surface area contributed by atoms with Gasteiger partial charge in [-0.2, -0.15) is 0 Å². The monoisotopic (exact) mass is 272 g/mol. The van der Waals surface area contributed by atoms with Crippen LogP contribution >= 0.6 is 11.3 Å². The zero-order valence-corrected chi connectivity index (χ0v) is 11.1. The summed E-state index contributed by atoms with van der Waals surface area (Å²) in [5.74, 6) is -0.236. The van der Waals surface area contributed by atoms with E-state index in [9.17, 15) is 4.39 Å². The number of aryl methyl sites for hydroxylation is 2. The molecule has 0 saturated heterocycles. The third-order valence-electron chi connectivity index (χ3n) is 2.97. The van der Waals surface area contributed by atoms with Crippen LogP contribution in [0.15, 0.2) is 42.5 Å². The molecule has 96 valence electrons. The first kappa shape index (κ1) is 12.1. The number of fused-ring (bicyclic) bond motifs is 1. The summed E-state index contributed by atoms with van der Waals surface area (Å²) in [6.45, 7) is 0. The topological polar surface area (TPSA) is 38.9 Å². The molecule has 4 heteroatoms. The van der Waals surface area contributed by atoms with E-state index in [1.165, 1.54) is 17.7 Å². The van der Waals surface area contributed by atoms with E-state index in [4.69, 9.17) is 5.73 Å². The van der Waals surface area contributed by atoms with Crippen molar-refractivity contribution in [1.82, 2.24) is 4.98 Å². The van der Waals surface area contributed by atoms with Crippen LogP contribution in [-0.4, -0.2) is 4.98 Å². The second-order valence-corrected chi connectivity index (χ2v) is 5.58. The van der Waals surface area contributed by atoms with Crippen molar-refractivity contribution in [2.24, 2.45) is 0 Å². The Hall–Kier alpha value is -1.94. The van der Waals surface area contributed by atoms with Gasteiger partial charge in [-0.25, -0.2) is 9.37 Å². The van der Waals surface area contributed by atoms with E-state index in [2.05, 4.69) is 11.1 Å². The van der Waals surface area contributed by atoms with E-state index >= 15 is 0 Å². The van der Waals surface area contributed by atoms with E-state index in [-0.39, 0.29) is 5.82 Å². The first-order valence-electron chi connectivity index (χ1n) is 6.10. The van der Waals surface area contributed by atoms with Gasteiger partial charge in [-0.1, -0.05) is 12.1 Å². The summed E-state index contributed by atoms with van der Waals surface area (Å²) < 4.78 is 14.1. The molecule has 1 aromatic heterocycles. The number of benzene rings is 2. The van der Waals surface area contributed by atoms with Gasteiger partial charge < -0.3 is 5.73 Å². The Balaban J connectivity index is 1.78. The second kappa shape index (κ2) is 4.97. The van der Waals surface area contributed by atoms with Gasteiger partial charge in [0.05, 0.1) is 15.2 Å². The van der Waals surface area contributed by atoms with Crippen molar-refractivity contribution in [2.75, 3.05) is 5.73 Å². The maximum Gasteiger partial charge on any atom is 0.125 e. The van der Waals surface area contributed by atoms with Crippen molar-refractivity contribution >= 4 is 27.2 Å². The van der Waals surface area contributed by atoms with Crippen LogP contribution in [0.4, 0.5) is 10.1 Å². The van der Waals surface area contributed by atoms with Gasteiger partial charge in [0.1, 0.15) is 5.82 Å². The summed E-state index contributed by atoms with van der Waals surface area (Å²) in [4.78, 5) is 4.46. The van der Waals surface area contributed by atoms with E-state index in [1.54, 1.807) is 17.4 Å². The van der Waals surface area contributed by atoms with Crippen molar-refractivity contribution < 1.29 is 4.39 Å². The molecular formula is C15H13FN2S. The van der Waals surface area contributed by atoms with Crippen LogP contribution in [0.1, 0.15) is 10.6 Å². The molecule has 0 unspecified atom stereocenters. The molecule has 0 spiro atoms. The third kappa shape index (κ3) is 2.74. The van der Waals surface area contributed by atoms with Gasteiger partial charge in [0.2, 0.25) is 0 Å². The molecule has 19 heavy (non-hydrogen) atoms. The van der Waals surface area contributed by atoms with E-state index in [0.29, 0.717) is 0 Å². The summed E-state index contributed by atoms with van der Waals surface area (Å²) in [6, 6.07) is 12.6. The number of anilines is 1. The highest BCUT2D eigenvalue weighted by Crippen LogP contribution is 2.24. The maximum absolute atomic E-state index is 13.1. The molecule has 0 radical (unpaired) electrons. The highest BCUT2D eigenvalue weighted by atomic mass is 32.1. The Bertz CT molecular complexity index is 721. The molecule has 0 atom stereocenters. The first-order chi connectivity index (χ1) is 9.20. The summed E-state index contributed by atoms with van der Waals surface area (Å²) in [6.07, 6.45) is 1.75. The molecular weight excluding hydrogens is 259 g/mol.